The Morgan fingerprint density at radius 1 is 1.43 bits per heavy atom. The van der Waals surface area contributed by atoms with Gasteiger partial charge in [-0.25, -0.2) is 4.79 Å². The number of carbonyl (C=O) groups excluding carboxylic acids is 1. The summed E-state index contributed by atoms with van der Waals surface area (Å²) in [4.78, 5) is 23.2. The van der Waals surface area contributed by atoms with E-state index in [2.05, 4.69) is 17.6 Å². The quantitative estimate of drug-likeness (QED) is 0.634. The monoisotopic (exact) mass is 292 g/mol. The fourth-order valence-electron chi connectivity index (χ4n) is 2.58. The van der Waals surface area contributed by atoms with E-state index in [4.69, 9.17) is 5.11 Å². The van der Waals surface area contributed by atoms with Crippen LogP contribution in [0.25, 0.3) is 0 Å². The number of amides is 1. The summed E-state index contributed by atoms with van der Waals surface area (Å²) in [5, 5.41) is 24.3. The van der Waals surface area contributed by atoms with Crippen molar-refractivity contribution >= 4 is 17.6 Å². The van der Waals surface area contributed by atoms with Crippen LogP contribution in [0.15, 0.2) is 18.2 Å². The Hall–Kier alpha value is -2.08. The number of phenols is 1. The molecule has 0 spiro atoms. The van der Waals surface area contributed by atoms with Crippen LogP contribution in [0.4, 0.5) is 5.69 Å². The lowest BCUT2D eigenvalue weighted by molar-refractivity contribution is -0.119. The van der Waals surface area contributed by atoms with Gasteiger partial charge in [0.05, 0.1) is 6.04 Å². The van der Waals surface area contributed by atoms with Crippen LogP contribution in [0.5, 0.6) is 5.75 Å². The Kier molecular flexibility index (Phi) is 4.80. The van der Waals surface area contributed by atoms with Crippen molar-refractivity contribution in [3.8, 4) is 5.75 Å². The third kappa shape index (κ3) is 3.72. The van der Waals surface area contributed by atoms with E-state index in [0.717, 1.165) is 25.8 Å². The molecule has 0 saturated carbocycles. The molecule has 1 saturated heterocycles. The molecule has 1 aromatic rings. The van der Waals surface area contributed by atoms with Crippen molar-refractivity contribution in [2.75, 3.05) is 11.9 Å². The molecule has 6 nitrogen and oxygen atoms in total. The van der Waals surface area contributed by atoms with Crippen molar-refractivity contribution in [1.29, 1.82) is 0 Å². The van der Waals surface area contributed by atoms with Crippen LogP contribution >= 0.6 is 0 Å². The molecule has 0 aromatic heterocycles. The molecule has 1 amide bonds. The zero-order valence-electron chi connectivity index (χ0n) is 11.9. The summed E-state index contributed by atoms with van der Waals surface area (Å²) in [6.45, 7) is 2.93. The van der Waals surface area contributed by atoms with Crippen molar-refractivity contribution in [2.45, 2.75) is 32.2 Å². The maximum Gasteiger partial charge on any atom is 0.339 e. The molecule has 2 unspecified atom stereocenters. The molecule has 1 aromatic carbocycles. The Bertz CT molecular complexity index is 544. The second-order valence-corrected chi connectivity index (χ2v) is 5.33. The van der Waals surface area contributed by atoms with Gasteiger partial charge in [0.25, 0.3) is 0 Å². The number of nitrogens with one attached hydrogen (secondary N) is 2. The van der Waals surface area contributed by atoms with Crippen LogP contribution in [-0.2, 0) is 4.79 Å². The molecule has 0 aliphatic carbocycles. The summed E-state index contributed by atoms with van der Waals surface area (Å²) >= 11 is 0. The minimum atomic E-state index is -1.23. The predicted octanol–water partition coefficient (Wildman–Crippen LogP) is 1.81. The number of aromatic hydroxyl groups is 1. The van der Waals surface area contributed by atoms with Crippen molar-refractivity contribution in [3.63, 3.8) is 0 Å². The first-order valence-corrected chi connectivity index (χ1v) is 7.11. The third-order valence-electron chi connectivity index (χ3n) is 3.90. The van der Waals surface area contributed by atoms with E-state index in [1.165, 1.54) is 18.2 Å². The van der Waals surface area contributed by atoms with Gasteiger partial charge in [0.15, 0.2) is 0 Å². The van der Waals surface area contributed by atoms with Crippen LogP contribution in [0, 0.1) is 5.92 Å². The number of carbonyl (C=O) groups is 2. The summed E-state index contributed by atoms with van der Waals surface area (Å²) in [6, 6.07) is 3.75. The van der Waals surface area contributed by atoms with E-state index in [1.54, 1.807) is 0 Å². The highest BCUT2D eigenvalue weighted by atomic mass is 16.4. The predicted molar refractivity (Wildman–Crippen MR) is 78.5 cm³/mol. The normalized spacial score (nSPS) is 21.8. The molecule has 0 bridgehead atoms. The SMILES string of the molecule is CCC1CCNC(C(=O)Nc2ccc(O)c(C(=O)O)c2)C1. The molecule has 2 atom stereocenters. The molecule has 1 heterocycles. The minimum absolute atomic E-state index is 0.171. The standard InChI is InChI=1S/C15H20N2O4/c1-2-9-5-6-16-12(7-9)14(19)17-10-3-4-13(18)11(8-10)15(20)21/h3-4,8-9,12,16,18H,2,5-7H2,1H3,(H,17,19)(H,20,21). The lowest BCUT2D eigenvalue weighted by atomic mass is 9.90. The van der Waals surface area contributed by atoms with E-state index < -0.39 is 5.97 Å². The molecule has 1 fully saturated rings. The number of carboxylic acid groups (broad SMARTS) is 1. The molecule has 0 radical (unpaired) electrons. The van der Waals surface area contributed by atoms with Crippen LogP contribution in [0.1, 0.15) is 36.5 Å². The highest BCUT2D eigenvalue weighted by Gasteiger charge is 2.26. The summed E-state index contributed by atoms with van der Waals surface area (Å²) in [5.74, 6) is -1.18. The molecule has 1 aliphatic heterocycles. The average Bonchev–Trinajstić information content (AvgIpc) is 2.49. The van der Waals surface area contributed by atoms with Gasteiger partial charge in [-0.15, -0.1) is 0 Å². The second kappa shape index (κ2) is 6.58. The average molecular weight is 292 g/mol. The highest BCUT2D eigenvalue weighted by molar-refractivity contribution is 5.97. The number of hydrogen-bond acceptors (Lipinski definition) is 4. The van der Waals surface area contributed by atoms with Crippen molar-refractivity contribution in [1.82, 2.24) is 5.32 Å². The first-order valence-electron chi connectivity index (χ1n) is 7.11. The third-order valence-corrected chi connectivity index (χ3v) is 3.90. The van der Waals surface area contributed by atoms with Crippen LogP contribution in [0.2, 0.25) is 0 Å². The number of carboxylic acids is 1. The lowest BCUT2D eigenvalue weighted by Gasteiger charge is -2.28. The first-order chi connectivity index (χ1) is 10.0. The zero-order valence-corrected chi connectivity index (χ0v) is 11.9. The summed E-state index contributed by atoms with van der Waals surface area (Å²) in [7, 11) is 0. The molecular formula is C15H20N2O4. The second-order valence-electron chi connectivity index (χ2n) is 5.33. The lowest BCUT2D eigenvalue weighted by Crippen LogP contribution is -2.46. The number of benzene rings is 1. The van der Waals surface area contributed by atoms with E-state index in [0.29, 0.717) is 11.6 Å². The van der Waals surface area contributed by atoms with Gasteiger partial charge in [-0.05, 0) is 43.5 Å². The maximum absolute atomic E-state index is 12.2. The van der Waals surface area contributed by atoms with Crippen LogP contribution in [0.3, 0.4) is 0 Å². The van der Waals surface area contributed by atoms with E-state index >= 15 is 0 Å². The van der Waals surface area contributed by atoms with E-state index in [9.17, 15) is 14.7 Å². The Labute approximate surface area is 123 Å². The molecular weight excluding hydrogens is 272 g/mol. The smallest absolute Gasteiger partial charge is 0.339 e. The fourth-order valence-corrected chi connectivity index (χ4v) is 2.58. The van der Waals surface area contributed by atoms with Gasteiger partial charge >= 0.3 is 5.97 Å². The number of hydrogen-bond donors (Lipinski definition) is 4. The fraction of sp³-hybridized carbons (Fsp3) is 0.467. The molecule has 114 valence electrons. The van der Waals surface area contributed by atoms with E-state index in [1.807, 2.05) is 0 Å². The van der Waals surface area contributed by atoms with Crippen LogP contribution in [-0.4, -0.2) is 34.7 Å². The van der Waals surface area contributed by atoms with Gasteiger partial charge in [-0.3, -0.25) is 4.79 Å². The number of anilines is 1. The zero-order chi connectivity index (χ0) is 15.4. The summed E-state index contributed by atoms with van der Waals surface area (Å²) in [6.07, 6.45) is 2.91. The topological polar surface area (TPSA) is 98.7 Å². The van der Waals surface area contributed by atoms with E-state index in [-0.39, 0.29) is 23.3 Å². The highest BCUT2D eigenvalue weighted by Crippen LogP contribution is 2.23. The molecule has 4 N–H and O–H groups in total. The molecule has 6 heteroatoms. The Morgan fingerprint density at radius 3 is 2.86 bits per heavy atom. The summed E-state index contributed by atoms with van der Waals surface area (Å²) in [5.41, 5.74) is 0.145. The van der Waals surface area contributed by atoms with Gasteiger partial charge in [0.2, 0.25) is 5.91 Å². The minimum Gasteiger partial charge on any atom is -0.507 e. The van der Waals surface area contributed by atoms with Crippen LogP contribution < -0.4 is 10.6 Å². The molecule has 21 heavy (non-hydrogen) atoms. The largest absolute Gasteiger partial charge is 0.507 e. The maximum atomic E-state index is 12.2. The van der Waals surface area contributed by atoms with Crippen molar-refractivity contribution in [3.05, 3.63) is 23.8 Å². The van der Waals surface area contributed by atoms with Gasteiger partial charge in [-0.1, -0.05) is 13.3 Å². The van der Waals surface area contributed by atoms with Gasteiger partial charge < -0.3 is 20.8 Å². The first kappa shape index (κ1) is 15.3. The van der Waals surface area contributed by atoms with Gasteiger partial charge in [0, 0.05) is 5.69 Å². The van der Waals surface area contributed by atoms with Gasteiger partial charge in [0.1, 0.15) is 11.3 Å². The Morgan fingerprint density at radius 2 is 2.19 bits per heavy atom. The number of rotatable bonds is 4. The molecule has 2 rings (SSSR count). The van der Waals surface area contributed by atoms with Crippen molar-refractivity contribution < 1.29 is 19.8 Å². The van der Waals surface area contributed by atoms with Crippen molar-refractivity contribution in [2.24, 2.45) is 5.92 Å². The van der Waals surface area contributed by atoms with Gasteiger partial charge in [-0.2, -0.15) is 0 Å². The number of aromatic carboxylic acids is 1. The molecule has 1 aliphatic rings. The number of piperidine rings is 1. The summed E-state index contributed by atoms with van der Waals surface area (Å²) < 4.78 is 0. The Balaban J connectivity index is 2.05.